The molecule has 3 rings (SSSR count). The topological polar surface area (TPSA) is 54.0 Å². The fourth-order valence-electron chi connectivity index (χ4n) is 2.68. The first kappa shape index (κ1) is 10.3. The van der Waals surface area contributed by atoms with E-state index in [1.807, 2.05) is 12.2 Å². The first-order valence-electron chi connectivity index (χ1n) is 5.44. The molecule has 3 aliphatic rings. The lowest BCUT2D eigenvalue weighted by Gasteiger charge is -2.32. The quantitative estimate of drug-likeness (QED) is 0.499. The number of hydrogen-bond acceptors (Lipinski definition) is 5. The molecule has 0 aromatic heterocycles. The van der Waals surface area contributed by atoms with E-state index in [0.29, 0.717) is 19.6 Å². The molecule has 3 heterocycles. The van der Waals surface area contributed by atoms with Gasteiger partial charge in [0, 0.05) is 0 Å². The Labute approximate surface area is 93.3 Å². The number of rotatable bonds is 2. The second kappa shape index (κ2) is 3.55. The molecule has 16 heavy (non-hydrogen) atoms. The summed E-state index contributed by atoms with van der Waals surface area (Å²) in [5.41, 5.74) is -0.770. The highest BCUT2D eigenvalue weighted by atomic mass is 16.7. The van der Waals surface area contributed by atoms with E-state index >= 15 is 0 Å². The van der Waals surface area contributed by atoms with Gasteiger partial charge in [0.2, 0.25) is 0 Å². The van der Waals surface area contributed by atoms with Gasteiger partial charge in [-0.15, -0.1) is 0 Å². The van der Waals surface area contributed by atoms with Crippen molar-refractivity contribution in [3.8, 4) is 0 Å². The first-order valence-corrected chi connectivity index (χ1v) is 5.44. The number of carbonyl (C=O) groups is 1. The van der Waals surface area contributed by atoms with Crippen molar-refractivity contribution in [2.75, 3.05) is 20.3 Å². The molecule has 2 fully saturated rings. The van der Waals surface area contributed by atoms with Gasteiger partial charge in [0.15, 0.2) is 11.9 Å². The third-order valence-electron chi connectivity index (χ3n) is 3.42. The molecule has 1 unspecified atom stereocenters. The second-order valence-corrected chi connectivity index (χ2v) is 4.25. The molecule has 0 aromatic carbocycles. The largest absolute Gasteiger partial charge is 0.469 e. The molecular weight excluding hydrogens is 212 g/mol. The van der Waals surface area contributed by atoms with Gasteiger partial charge >= 0.3 is 5.97 Å². The molecule has 3 atom stereocenters. The lowest BCUT2D eigenvalue weighted by Crippen LogP contribution is -2.48. The van der Waals surface area contributed by atoms with E-state index in [0.717, 1.165) is 0 Å². The van der Waals surface area contributed by atoms with Crippen molar-refractivity contribution in [2.45, 2.75) is 24.4 Å². The van der Waals surface area contributed by atoms with Gasteiger partial charge < -0.3 is 18.9 Å². The van der Waals surface area contributed by atoms with Gasteiger partial charge in [0.1, 0.15) is 0 Å². The van der Waals surface area contributed by atoms with E-state index in [2.05, 4.69) is 0 Å². The monoisotopic (exact) mass is 226 g/mol. The predicted octanol–water partition coefficient (Wildman–Crippen LogP) is 0.246. The molecule has 0 aromatic rings. The zero-order chi connectivity index (χ0) is 11.2. The number of carbonyl (C=O) groups excluding carboxylic acids is 1. The van der Waals surface area contributed by atoms with Crippen LogP contribution in [-0.4, -0.2) is 44.3 Å². The van der Waals surface area contributed by atoms with Gasteiger partial charge in [-0.05, 0) is 12.5 Å². The van der Waals surface area contributed by atoms with Gasteiger partial charge in [0.05, 0.1) is 32.3 Å². The summed E-state index contributed by atoms with van der Waals surface area (Å²) in [7, 11) is 1.39. The number of fused-ring (bicyclic) bond motifs is 2. The molecule has 88 valence electrons. The minimum absolute atomic E-state index is 0.0168. The standard InChI is InChI=1S/C11H14O5/c1-13-9(12)8-6-7-2-3-11(8,16-7)10-14-4-5-15-10/h2-3,7-8,10H,4-6H2,1H3/t7?,8-,11-/m0/s1. The SMILES string of the molecule is COC(=O)[C@@H]1CC2C=C[C@]1(C1OCCO1)O2. The summed E-state index contributed by atoms with van der Waals surface area (Å²) in [5.74, 6) is -0.582. The maximum Gasteiger partial charge on any atom is 0.312 e. The lowest BCUT2D eigenvalue weighted by atomic mass is 9.82. The van der Waals surface area contributed by atoms with Crippen LogP contribution in [0.2, 0.25) is 0 Å². The van der Waals surface area contributed by atoms with E-state index in [9.17, 15) is 4.79 Å². The molecular formula is C11H14O5. The summed E-state index contributed by atoms with van der Waals surface area (Å²) < 4.78 is 21.6. The number of esters is 1. The van der Waals surface area contributed by atoms with Gasteiger partial charge in [0.25, 0.3) is 0 Å². The van der Waals surface area contributed by atoms with Gasteiger partial charge in [-0.25, -0.2) is 0 Å². The Bertz CT molecular complexity index is 333. The Morgan fingerprint density at radius 1 is 1.44 bits per heavy atom. The molecule has 0 N–H and O–H groups in total. The van der Waals surface area contributed by atoms with Gasteiger partial charge in [-0.2, -0.15) is 0 Å². The van der Waals surface area contributed by atoms with Crippen LogP contribution in [0.5, 0.6) is 0 Å². The highest BCUT2D eigenvalue weighted by molar-refractivity contribution is 5.75. The van der Waals surface area contributed by atoms with E-state index in [1.165, 1.54) is 7.11 Å². The summed E-state index contributed by atoms with van der Waals surface area (Å²) in [6.07, 6.45) is 3.99. The maximum atomic E-state index is 11.7. The van der Waals surface area contributed by atoms with Gasteiger partial charge in [-0.3, -0.25) is 4.79 Å². The Hall–Kier alpha value is -0.910. The summed E-state index contributed by atoms with van der Waals surface area (Å²) in [6, 6.07) is 0. The molecule has 0 aliphatic carbocycles. The molecule has 0 amide bonds. The minimum Gasteiger partial charge on any atom is -0.469 e. The van der Waals surface area contributed by atoms with Crippen molar-refractivity contribution in [3.63, 3.8) is 0 Å². The van der Waals surface area contributed by atoms with E-state index in [1.54, 1.807) is 0 Å². The van der Waals surface area contributed by atoms with Crippen LogP contribution in [0.4, 0.5) is 0 Å². The average Bonchev–Trinajstić information content (AvgIpc) is 3.01. The molecule has 2 bridgehead atoms. The van der Waals surface area contributed by atoms with Crippen molar-refractivity contribution >= 4 is 5.97 Å². The molecule has 0 radical (unpaired) electrons. The second-order valence-electron chi connectivity index (χ2n) is 4.25. The third-order valence-corrected chi connectivity index (χ3v) is 3.42. The third kappa shape index (κ3) is 1.25. The maximum absolute atomic E-state index is 11.7. The fraction of sp³-hybridized carbons (Fsp3) is 0.727. The van der Waals surface area contributed by atoms with Crippen molar-refractivity contribution in [3.05, 3.63) is 12.2 Å². The number of ether oxygens (including phenoxy) is 4. The van der Waals surface area contributed by atoms with Crippen molar-refractivity contribution < 1.29 is 23.7 Å². The summed E-state index contributed by atoms with van der Waals surface area (Å²) in [6.45, 7) is 1.09. The highest BCUT2D eigenvalue weighted by Gasteiger charge is 2.60. The molecule has 3 aliphatic heterocycles. The van der Waals surface area contributed by atoms with Crippen LogP contribution in [0, 0.1) is 5.92 Å². The number of methoxy groups -OCH3 is 1. The van der Waals surface area contributed by atoms with Crippen LogP contribution in [0.15, 0.2) is 12.2 Å². The van der Waals surface area contributed by atoms with Crippen molar-refractivity contribution in [1.29, 1.82) is 0 Å². The van der Waals surface area contributed by atoms with Crippen molar-refractivity contribution in [2.24, 2.45) is 5.92 Å². The minimum atomic E-state index is -0.770. The Balaban J connectivity index is 1.90. The molecule has 5 nitrogen and oxygen atoms in total. The van der Waals surface area contributed by atoms with E-state index in [4.69, 9.17) is 18.9 Å². The first-order chi connectivity index (χ1) is 7.76. The molecule has 0 spiro atoms. The van der Waals surface area contributed by atoms with Crippen LogP contribution in [0.1, 0.15) is 6.42 Å². The van der Waals surface area contributed by atoms with Crippen molar-refractivity contribution in [1.82, 2.24) is 0 Å². The Morgan fingerprint density at radius 2 is 2.19 bits per heavy atom. The molecule has 5 heteroatoms. The number of hydrogen-bond donors (Lipinski definition) is 0. The van der Waals surface area contributed by atoms with Crippen LogP contribution in [-0.2, 0) is 23.7 Å². The predicted molar refractivity (Wildman–Crippen MR) is 52.6 cm³/mol. The zero-order valence-electron chi connectivity index (χ0n) is 9.05. The molecule has 2 saturated heterocycles. The summed E-state index contributed by atoms with van der Waals surface area (Å²) >= 11 is 0. The summed E-state index contributed by atoms with van der Waals surface area (Å²) in [4.78, 5) is 11.7. The molecule has 0 saturated carbocycles. The summed E-state index contributed by atoms with van der Waals surface area (Å²) in [5, 5.41) is 0. The van der Waals surface area contributed by atoms with E-state index < -0.39 is 11.9 Å². The average molecular weight is 226 g/mol. The highest BCUT2D eigenvalue weighted by Crippen LogP contribution is 2.47. The van der Waals surface area contributed by atoms with Gasteiger partial charge in [-0.1, -0.05) is 6.08 Å². The normalized spacial score (nSPS) is 41.8. The fourth-order valence-corrected chi connectivity index (χ4v) is 2.68. The Morgan fingerprint density at radius 3 is 2.81 bits per heavy atom. The smallest absolute Gasteiger partial charge is 0.312 e. The lowest BCUT2D eigenvalue weighted by molar-refractivity contribution is -0.188. The van der Waals surface area contributed by atoms with E-state index in [-0.39, 0.29) is 18.0 Å². The van der Waals surface area contributed by atoms with Crippen LogP contribution in [0.3, 0.4) is 0 Å². The van der Waals surface area contributed by atoms with Crippen LogP contribution >= 0.6 is 0 Å². The zero-order valence-corrected chi connectivity index (χ0v) is 9.05. The van der Waals surface area contributed by atoms with Crippen LogP contribution in [0.25, 0.3) is 0 Å². The Kier molecular flexibility index (Phi) is 2.27. The van der Waals surface area contributed by atoms with Crippen LogP contribution < -0.4 is 0 Å².